The Morgan fingerprint density at radius 2 is 1.65 bits per heavy atom. The molecule has 0 aromatic carbocycles. The molecule has 3 N–H and O–H groups in total. The van der Waals surface area contributed by atoms with Crippen molar-refractivity contribution in [1.29, 1.82) is 0 Å². The summed E-state index contributed by atoms with van der Waals surface area (Å²) < 4.78 is 0. The lowest BCUT2D eigenvalue weighted by Gasteiger charge is -2.26. The predicted molar refractivity (Wildman–Crippen MR) is 69.6 cm³/mol. The van der Waals surface area contributed by atoms with Crippen LogP contribution in [0.4, 0.5) is 0 Å². The van der Waals surface area contributed by atoms with Crippen LogP contribution in [-0.2, 0) is 4.79 Å². The summed E-state index contributed by atoms with van der Waals surface area (Å²) in [7, 11) is 0. The zero-order chi connectivity index (χ0) is 13.2. The first-order chi connectivity index (χ1) is 7.81. The minimum atomic E-state index is -0.706. The highest BCUT2D eigenvalue weighted by molar-refractivity contribution is 5.67. The maximum atomic E-state index is 11.0. The van der Waals surface area contributed by atoms with Gasteiger partial charge in [-0.1, -0.05) is 27.7 Å². The summed E-state index contributed by atoms with van der Waals surface area (Å²) in [6.45, 7) is 9.48. The highest BCUT2D eigenvalue weighted by atomic mass is 16.4. The number of hydrogen-bond donors (Lipinski definition) is 2. The van der Waals surface area contributed by atoms with E-state index in [1.807, 2.05) is 0 Å². The second-order valence-electron chi connectivity index (χ2n) is 6.50. The molecule has 0 radical (unpaired) electrons. The standard InChI is InChI=1S/C14H27NO2/c1-9(2)11-5-14(8-15,7-13(16)17)6-12(11)10(3)4/h9-12H,5-8,15H2,1-4H3,(H,16,17)/t11-,12+,14?. The van der Waals surface area contributed by atoms with E-state index >= 15 is 0 Å². The fraction of sp³-hybridized carbons (Fsp3) is 0.929. The van der Waals surface area contributed by atoms with Gasteiger partial charge < -0.3 is 10.8 Å². The second kappa shape index (κ2) is 5.38. The van der Waals surface area contributed by atoms with Crippen molar-refractivity contribution in [2.75, 3.05) is 6.54 Å². The molecule has 1 rings (SSSR count). The van der Waals surface area contributed by atoms with E-state index in [-0.39, 0.29) is 11.8 Å². The number of carboxylic acids is 1. The third-order valence-electron chi connectivity index (χ3n) is 4.56. The lowest BCUT2D eigenvalue weighted by Crippen LogP contribution is -2.31. The molecule has 0 aromatic rings. The first-order valence-electron chi connectivity index (χ1n) is 6.73. The Morgan fingerprint density at radius 1 is 1.24 bits per heavy atom. The van der Waals surface area contributed by atoms with Crippen LogP contribution >= 0.6 is 0 Å². The maximum absolute atomic E-state index is 11.0. The van der Waals surface area contributed by atoms with E-state index < -0.39 is 5.97 Å². The number of carbonyl (C=O) groups is 1. The molecule has 0 saturated heterocycles. The van der Waals surface area contributed by atoms with E-state index in [2.05, 4.69) is 27.7 Å². The van der Waals surface area contributed by atoms with Crippen LogP contribution in [0.2, 0.25) is 0 Å². The quantitative estimate of drug-likeness (QED) is 0.778. The molecule has 0 spiro atoms. The van der Waals surface area contributed by atoms with Crippen LogP contribution in [0.1, 0.15) is 47.0 Å². The van der Waals surface area contributed by atoms with Crippen molar-refractivity contribution >= 4 is 5.97 Å². The van der Waals surface area contributed by atoms with Gasteiger partial charge in [-0.2, -0.15) is 0 Å². The van der Waals surface area contributed by atoms with Crippen LogP contribution in [0.3, 0.4) is 0 Å². The molecular weight excluding hydrogens is 214 g/mol. The predicted octanol–water partition coefficient (Wildman–Crippen LogP) is 2.74. The maximum Gasteiger partial charge on any atom is 0.303 e. The zero-order valence-corrected chi connectivity index (χ0v) is 11.6. The Balaban J connectivity index is 2.88. The molecule has 1 aliphatic carbocycles. The van der Waals surface area contributed by atoms with Gasteiger partial charge in [0.1, 0.15) is 0 Å². The third kappa shape index (κ3) is 3.21. The number of aliphatic carboxylic acids is 1. The van der Waals surface area contributed by atoms with Gasteiger partial charge in [-0.05, 0) is 48.5 Å². The number of hydrogen-bond acceptors (Lipinski definition) is 2. The van der Waals surface area contributed by atoms with Crippen LogP contribution in [0.15, 0.2) is 0 Å². The molecule has 0 heterocycles. The van der Waals surface area contributed by atoms with Gasteiger partial charge in [0.25, 0.3) is 0 Å². The Morgan fingerprint density at radius 3 is 1.88 bits per heavy atom. The molecule has 100 valence electrons. The Bertz CT molecular complexity index is 257. The average molecular weight is 241 g/mol. The van der Waals surface area contributed by atoms with Crippen LogP contribution in [0.25, 0.3) is 0 Å². The molecule has 1 fully saturated rings. The van der Waals surface area contributed by atoms with E-state index in [9.17, 15) is 4.79 Å². The molecule has 1 aliphatic rings. The molecule has 1 saturated carbocycles. The van der Waals surface area contributed by atoms with Crippen molar-refractivity contribution in [3.63, 3.8) is 0 Å². The van der Waals surface area contributed by atoms with Crippen LogP contribution in [0.5, 0.6) is 0 Å². The van der Waals surface area contributed by atoms with Gasteiger partial charge in [0.2, 0.25) is 0 Å². The molecule has 17 heavy (non-hydrogen) atoms. The lowest BCUT2D eigenvalue weighted by molar-refractivity contribution is -0.139. The number of nitrogens with two attached hydrogens (primary N) is 1. The van der Waals surface area contributed by atoms with Crippen molar-refractivity contribution in [1.82, 2.24) is 0 Å². The summed E-state index contributed by atoms with van der Waals surface area (Å²) in [4.78, 5) is 11.0. The smallest absolute Gasteiger partial charge is 0.303 e. The summed E-state index contributed by atoms with van der Waals surface area (Å²) in [5, 5.41) is 9.06. The monoisotopic (exact) mass is 241 g/mol. The topological polar surface area (TPSA) is 63.3 Å². The Labute approximate surface area is 105 Å². The average Bonchev–Trinajstić information content (AvgIpc) is 2.57. The van der Waals surface area contributed by atoms with Gasteiger partial charge in [-0.15, -0.1) is 0 Å². The van der Waals surface area contributed by atoms with E-state index in [1.54, 1.807) is 0 Å². The molecule has 3 atom stereocenters. The molecule has 0 aliphatic heterocycles. The molecule has 3 nitrogen and oxygen atoms in total. The largest absolute Gasteiger partial charge is 0.481 e. The zero-order valence-electron chi connectivity index (χ0n) is 11.6. The summed E-state index contributed by atoms with van der Waals surface area (Å²) in [6.07, 6.45) is 2.20. The van der Waals surface area contributed by atoms with Gasteiger partial charge in [-0.25, -0.2) is 0 Å². The summed E-state index contributed by atoms with van der Waals surface area (Å²) >= 11 is 0. The van der Waals surface area contributed by atoms with E-state index in [1.165, 1.54) is 0 Å². The van der Waals surface area contributed by atoms with E-state index in [4.69, 9.17) is 10.8 Å². The highest BCUT2D eigenvalue weighted by Crippen LogP contribution is 2.52. The first-order valence-corrected chi connectivity index (χ1v) is 6.73. The summed E-state index contributed by atoms with van der Waals surface area (Å²) in [5.74, 6) is 1.77. The third-order valence-corrected chi connectivity index (χ3v) is 4.56. The molecule has 0 amide bonds. The molecule has 0 aromatic heterocycles. The fourth-order valence-corrected chi connectivity index (χ4v) is 3.55. The van der Waals surface area contributed by atoms with Gasteiger partial charge in [-0.3, -0.25) is 4.79 Å². The van der Waals surface area contributed by atoms with Crippen molar-refractivity contribution in [3.8, 4) is 0 Å². The minimum absolute atomic E-state index is 0.157. The van der Waals surface area contributed by atoms with Crippen LogP contribution in [-0.4, -0.2) is 17.6 Å². The SMILES string of the molecule is CC(C)[C@H]1CC(CN)(CC(=O)O)C[C@H]1C(C)C. The number of carboxylic acid groups (broad SMARTS) is 1. The van der Waals surface area contributed by atoms with Gasteiger partial charge >= 0.3 is 5.97 Å². The van der Waals surface area contributed by atoms with Crippen LogP contribution < -0.4 is 5.73 Å². The van der Waals surface area contributed by atoms with Crippen LogP contribution in [0, 0.1) is 29.1 Å². The first kappa shape index (κ1) is 14.5. The molecule has 1 unspecified atom stereocenters. The Kier molecular flexibility index (Phi) is 4.59. The number of rotatable bonds is 5. The lowest BCUT2D eigenvalue weighted by atomic mass is 9.80. The summed E-state index contributed by atoms with van der Waals surface area (Å²) in [5.41, 5.74) is 5.72. The van der Waals surface area contributed by atoms with E-state index in [0.29, 0.717) is 30.2 Å². The van der Waals surface area contributed by atoms with Gasteiger partial charge in [0, 0.05) is 0 Å². The van der Waals surface area contributed by atoms with Crippen molar-refractivity contribution in [3.05, 3.63) is 0 Å². The second-order valence-corrected chi connectivity index (χ2v) is 6.50. The highest BCUT2D eigenvalue weighted by Gasteiger charge is 2.47. The molecule has 3 heteroatoms. The van der Waals surface area contributed by atoms with Crippen molar-refractivity contribution in [2.45, 2.75) is 47.0 Å². The van der Waals surface area contributed by atoms with Crippen molar-refractivity contribution in [2.24, 2.45) is 34.8 Å². The van der Waals surface area contributed by atoms with E-state index in [0.717, 1.165) is 12.8 Å². The van der Waals surface area contributed by atoms with Gasteiger partial charge in [0.15, 0.2) is 0 Å². The normalized spacial score (nSPS) is 33.6. The van der Waals surface area contributed by atoms with Gasteiger partial charge in [0.05, 0.1) is 6.42 Å². The molecular formula is C14H27NO2. The van der Waals surface area contributed by atoms with Crippen molar-refractivity contribution < 1.29 is 9.90 Å². The Hall–Kier alpha value is -0.570. The molecule has 0 bridgehead atoms. The fourth-order valence-electron chi connectivity index (χ4n) is 3.55. The summed E-state index contributed by atoms with van der Waals surface area (Å²) in [6, 6.07) is 0. The minimum Gasteiger partial charge on any atom is -0.481 e.